The summed E-state index contributed by atoms with van der Waals surface area (Å²) in [5, 5.41) is 3.31. The van der Waals surface area contributed by atoms with Crippen LogP contribution in [0.3, 0.4) is 0 Å². The van der Waals surface area contributed by atoms with Crippen LogP contribution in [0.5, 0.6) is 0 Å². The molecule has 2 aromatic heterocycles. The van der Waals surface area contributed by atoms with Gasteiger partial charge in [-0.3, -0.25) is 9.78 Å². The molecule has 4 rings (SSSR count). The Kier molecular flexibility index (Phi) is 4.86. The minimum Gasteiger partial charge on any atom is -0.319 e. The van der Waals surface area contributed by atoms with E-state index in [-0.39, 0.29) is 17.0 Å². The molecule has 2 aromatic carbocycles. The summed E-state index contributed by atoms with van der Waals surface area (Å²) in [6.45, 7) is 0. The molecule has 0 radical (unpaired) electrons. The third-order valence-electron chi connectivity index (χ3n) is 4.29. The van der Waals surface area contributed by atoms with E-state index in [9.17, 15) is 22.4 Å². The third kappa shape index (κ3) is 3.95. The number of amides is 1. The van der Waals surface area contributed by atoms with Crippen LogP contribution in [0.4, 0.5) is 23.2 Å². The van der Waals surface area contributed by atoms with Gasteiger partial charge in [0.1, 0.15) is 11.5 Å². The number of benzene rings is 2. The molecular weight excluding hydrogens is 400 g/mol. The largest absolute Gasteiger partial charge is 0.416 e. The van der Waals surface area contributed by atoms with Crippen LogP contribution in [0.15, 0.2) is 67.1 Å². The third-order valence-corrected chi connectivity index (χ3v) is 4.29. The highest BCUT2D eigenvalue weighted by atomic mass is 19.4. The summed E-state index contributed by atoms with van der Waals surface area (Å²) in [7, 11) is 0. The fraction of sp³-hybridized carbons (Fsp3) is 0.0476. The maximum absolute atomic E-state index is 13.8. The molecule has 30 heavy (non-hydrogen) atoms. The number of nitrogens with one attached hydrogen (secondary N) is 1. The number of anilines is 1. The molecule has 0 aliphatic carbocycles. The van der Waals surface area contributed by atoms with E-state index >= 15 is 0 Å². The molecule has 5 nitrogen and oxygen atoms in total. The number of hydrogen-bond acceptors (Lipinski definition) is 4. The molecule has 4 aromatic rings. The monoisotopic (exact) mass is 412 g/mol. The van der Waals surface area contributed by atoms with E-state index in [2.05, 4.69) is 20.3 Å². The van der Waals surface area contributed by atoms with E-state index < -0.39 is 23.5 Å². The number of fused-ring (bicyclic) bond motifs is 1. The van der Waals surface area contributed by atoms with Gasteiger partial charge in [0.15, 0.2) is 0 Å². The fourth-order valence-electron chi connectivity index (χ4n) is 2.91. The van der Waals surface area contributed by atoms with E-state index in [0.717, 1.165) is 12.1 Å². The molecule has 0 atom stereocenters. The first-order valence-corrected chi connectivity index (χ1v) is 8.66. The second-order valence-electron chi connectivity index (χ2n) is 6.34. The van der Waals surface area contributed by atoms with E-state index in [1.807, 2.05) is 0 Å². The molecule has 0 aliphatic heterocycles. The highest BCUT2D eigenvalue weighted by molar-refractivity contribution is 6.07. The van der Waals surface area contributed by atoms with Crippen molar-refractivity contribution in [3.63, 3.8) is 0 Å². The zero-order valence-electron chi connectivity index (χ0n) is 15.1. The van der Waals surface area contributed by atoms with Gasteiger partial charge >= 0.3 is 6.18 Å². The van der Waals surface area contributed by atoms with E-state index in [0.29, 0.717) is 22.7 Å². The van der Waals surface area contributed by atoms with Crippen molar-refractivity contribution >= 4 is 22.5 Å². The first-order chi connectivity index (χ1) is 14.3. The number of hydrogen-bond donors (Lipinski definition) is 1. The molecule has 9 heteroatoms. The number of carbonyl (C=O) groups is 1. The molecule has 1 N–H and O–H groups in total. The van der Waals surface area contributed by atoms with Crippen molar-refractivity contribution in [3.8, 4) is 11.3 Å². The lowest BCUT2D eigenvalue weighted by molar-refractivity contribution is -0.137. The van der Waals surface area contributed by atoms with Gasteiger partial charge in [0, 0.05) is 23.3 Å². The topological polar surface area (TPSA) is 67.8 Å². The van der Waals surface area contributed by atoms with Crippen LogP contribution in [0, 0.1) is 5.82 Å². The molecular formula is C21H12F4N4O. The molecule has 0 spiro atoms. The molecule has 0 aliphatic rings. The first kappa shape index (κ1) is 19.4. The molecule has 0 saturated carbocycles. The number of pyridine rings is 1. The lowest BCUT2D eigenvalue weighted by atomic mass is 10.1. The zero-order valence-corrected chi connectivity index (χ0v) is 15.1. The smallest absolute Gasteiger partial charge is 0.319 e. The van der Waals surface area contributed by atoms with Crippen LogP contribution < -0.4 is 5.32 Å². The average Bonchev–Trinajstić information content (AvgIpc) is 2.73. The quantitative estimate of drug-likeness (QED) is 0.476. The van der Waals surface area contributed by atoms with Gasteiger partial charge in [-0.2, -0.15) is 13.2 Å². The van der Waals surface area contributed by atoms with E-state index in [1.54, 1.807) is 24.3 Å². The summed E-state index contributed by atoms with van der Waals surface area (Å²) < 4.78 is 52.9. The SMILES string of the molecule is O=C(Nc1cccc2ccc(-c3cc(F)cc(C(F)(F)F)c3)nc12)c1cnccn1. The molecule has 2 heterocycles. The van der Waals surface area contributed by atoms with E-state index in [4.69, 9.17) is 0 Å². The minimum atomic E-state index is -4.69. The van der Waals surface area contributed by atoms with Gasteiger partial charge in [0.25, 0.3) is 5.91 Å². The molecule has 0 fully saturated rings. The Morgan fingerprint density at radius 3 is 2.57 bits per heavy atom. The van der Waals surface area contributed by atoms with Crippen LogP contribution in [-0.4, -0.2) is 20.9 Å². The number of carbonyl (C=O) groups excluding carboxylic acids is 1. The van der Waals surface area contributed by atoms with Gasteiger partial charge < -0.3 is 5.32 Å². The predicted molar refractivity (Wildman–Crippen MR) is 102 cm³/mol. The average molecular weight is 412 g/mol. The lowest BCUT2D eigenvalue weighted by Gasteiger charge is -2.11. The summed E-state index contributed by atoms with van der Waals surface area (Å²) in [6, 6.07) is 10.4. The van der Waals surface area contributed by atoms with Crippen molar-refractivity contribution in [2.45, 2.75) is 6.18 Å². The van der Waals surface area contributed by atoms with Crippen LogP contribution >= 0.6 is 0 Å². The Bertz CT molecular complexity index is 1240. The predicted octanol–water partition coefficient (Wildman–Crippen LogP) is 5.10. The van der Waals surface area contributed by atoms with Gasteiger partial charge in [-0.1, -0.05) is 18.2 Å². The van der Waals surface area contributed by atoms with Gasteiger partial charge in [-0.15, -0.1) is 0 Å². The summed E-state index contributed by atoms with van der Waals surface area (Å²) >= 11 is 0. The summed E-state index contributed by atoms with van der Waals surface area (Å²) in [6.07, 6.45) is -0.596. The number of alkyl halides is 3. The number of aromatic nitrogens is 3. The van der Waals surface area contributed by atoms with Gasteiger partial charge in [0.2, 0.25) is 0 Å². The van der Waals surface area contributed by atoms with Crippen molar-refractivity contribution in [1.82, 2.24) is 15.0 Å². The Labute approximate surface area is 167 Å². The van der Waals surface area contributed by atoms with Gasteiger partial charge in [0.05, 0.1) is 28.7 Å². The fourth-order valence-corrected chi connectivity index (χ4v) is 2.91. The van der Waals surface area contributed by atoms with Crippen molar-refractivity contribution in [2.24, 2.45) is 0 Å². The maximum Gasteiger partial charge on any atom is 0.416 e. The van der Waals surface area contributed by atoms with Crippen molar-refractivity contribution in [3.05, 3.63) is 84.2 Å². The van der Waals surface area contributed by atoms with Crippen molar-refractivity contribution in [1.29, 1.82) is 0 Å². The van der Waals surface area contributed by atoms with Gasteiger partial charge in [-0.05, 0) is 30.3 Å². The van der Waals surface area contributed by atoms with Crippen LogP contribution in [0.2, 0.25) is 0 Å². The molecule has 0 bridgehead atoms. The maximum atomic E-state index is 13.8. The van der Waals surface area contributed by atoms with Crippen LogP contribution in [-0.2, 0) is 6.18 Å². The number of nitrogens with zero attached hydrogens (tertiary/aromatic N) is 3. The first-order valence-electron chi connectivity index (χ1n) is 8.66. The second-order valence-corrected chi connectivity index (χ2v) is 6.34. The standard InChI is InChI=1S/C21H12F4N4O/c22-15-9-13(8-14(10-15)21(23,24)25)16-5-4-12-2-1-3-17(19(12)28-16)29-20(30)18-11-26-6-7-27-18/h1-11H,(H,29,30). The number of rotatable bonds is 3. The normalized spacial score (nSPS) is 11.5. The van der Waals surface area contributed by atoms with Crippen molar-refractivity contribution in [2.75, 3.05) is 5.32 Å². The number of para-hydroxylation sites is 1. The Balaban J connectivity index is 1.77. The minimum absolute atomic E-state index is 0.0284. The molecule has 150 valence electrons. The molecule has 0 unspecified atom stereocenters. The molecule has 1 amide bonds. The Morgan fingerprint density at radius 1 is 1.00 bits per heavy atom. The Hall–Kier alpha value is -3.88. The van der Waals surface area contributed by atoms with Gasteiger partial charge in [-0.25, -0.2) is 14.4 Å². The highest BCUT2D eigenvalue weighted by Gasteiger charge is 2.31. The lowest BCUT2D eigenvalue weighted by Crippen LogP contribution is -2.14. The highest BCUT2D eigenvalue weighted by Crippen LogP contribution is 2.33. The van der Waals surface area contributed by atoms with E-state index in [1.165, 1.54) is 24.7 Å². The molecule has 0 saturated heterocycles. The van der Waals surface area contributed by atoms with Crippen molar-refractivity contribution < 1.29 is 22.4 Å². The number of halogens is 4. The summed E-state index contributed by atoms with van der Waals surface area (Å²) in [5.74, 6) is -1.54. The second kappa shape index (κ2) is 7.51. The zero-order chi connectivity index (χ0) is 21.3. The van der Waals surface area contributed by atoms with Crippen LogP contribution in [0.1, 0.15) is 16.1 Å². The van der Waals surface area contributed by atoms with Crippen LogP contribution in [0.25, 0.3) is 22.2 Å². The summed E-state index contributed by atoms with van der Waals surface area (Å²) in [5.41, 5.74) is -0.246. The summed E-state index contributed by atoms with van der Waals surface area (Å²) in [4.78, 5) is 24.5. The Morgan fingerprint density at radius 2 is 1.83 bits per heavy atom.